The summed E-state index contributed by atoms with van der Waals surface area (Å²) in [6.45, 7) is 7.87. The van der Waals surface area contributed by atoms with Gasteiger partial charge in [-0.1, -0.05) is 27.7 Å². The number of imidazole rings is 1. The van der Waals surface area contributed by atoms with E-state index >= 15 is 0 Å². The summed E-state index contributed by atoms with van der Waals surface area (Å²) in [6.07, 6.45) is 0. The van der Waals surface area contributed by atoms with Crippen LogP contribution in [0.3, 0.4) is 0 Å². The largest absolute Gasteiger partial charge is 0.295 e. The van der Waals surface area contributed by atoms with E-state index in [0.717, 1.165) is 0 Å². The number of anilines is 1. The van der Waals surface area contributed by atoms with Gasteiger partial charge >= 0.3 is 0 Å². The minimum Gasteiger partial charge on any atom is -0.295 e. The second-order valence-electron chi connectivity index (χ2n) is 7.64. The van der Waals surface area contributed by atoms with Crippen LogP contribution in [0.2, 0.25) is 0 Å². The molecule has 0 aliphatic rings. The van der Waals surface area contributed by atoms with Crippen LogP contribution in [0.1, 0.15) is 33.3 Å². The molecule has 0 saturated carbocycles. The maximum absolute atomic E-state index is 13.4. The minimum atomic E-state index is -0.354. The van der Waals surface area contributed by atoms with E-state index in [-0.39, 0.29) is 23.1 Å². The summed E-state index contributed by atoms with van der Waals surface area (Å²) in [5.74, 6) is -0.407. The van der Waals surface area contributed by atoms with E-state index in [1.54, 1.807) is 34.9 Å². The summed E-state index contributed by atoms with van der Waals surface area (Å²) in [5.41, 5.74) is 2.22. The number of nitrogens with zero attached hydrogens (tertiary/aromatic N) is 3. The zero-order valence-corrected chi connectivity index (χ0v) is 15.7. The highest BCUT2D eigenvalue weighted by atomic mass is 19.1. The number of hydrogen-bond donors (Lipinski definition) is 1. The summed E-state index contributed by atoms with van der Waals surface area (Å²) in [7, 11) is 0. The number of nitrogens with one attached hydrogen (secondary N) is 1. The van der Waals surface area contributed by atoms with Crippen molar-refractivity contribution in [1.29, 1.82) is 5.26 Å². The van der Waals surface area contributed by atoms with Gasteiger partial charge in [0, 0.05) is 11.6 Å². The molecule has 138 valence electrons. The second-order valence-corrected chi connectivity index (χ2v) is 7.64. The van der Waals surface area contributed by atoms with E-state index in [4.69, 9.17) is 0 Å². The molecule has 0 fully saturated rings. The number of benzene rings is 2. The van der Waals surface area contributed by atoms with Crippen LogP contribution in [-0.2, 0) is 4.79 Å². The Morgan fingerprint density at radius 3 is 2.48 bits per heavy atom. The third kappa shape index (κ3) is 3.68. The molecule has 1 amide bonds. The first-order chi connectivity index (χ1) is 12.7. The average molecular weight is 364 g/mol. The standard InChI is InChI=1S/C21H21FN4O/c1-13(21(2,3)4)19(27)25-20-24-17-10-5-14(12-23)11-18(17)26(20)16-8-6-15(22)7-9-16/h5-11,13H,1-4H3,(H,24,25,27)/t13-/m1/s1. The zero-order valence-electron chi connectivity index (χ0n) is 15.7. The van der Waals surface area contributed by atoms with E-state index in [9.17, 15) is 14.4 Å². The smallest absolute Gasteiger partial charge is 0.230 e. The molecule has 0 saturated heterocycles. The number of carbonyl (C=O) groups excluding carboxylic acids is 1. The van der Waals surface area contributed by atoms with Gasteiger partial charge in [-0.05, 0) is 47.9 Å². The van der Waals surface area contributed by atoms with Crippen molar-refractivity contribution < 1.29 is 9.18 Å². The molecule has 1 aromatic heterocycles. The predicted molar refractivity (Wildman–Crippen MR) is 103 cm³/mol. The van der Waals surface area contributed by atoms with Crippen molar-refractivity contribution in [3.05, 3.63) is 53.8 Å². The monoisotopic (exact) mass is 364 g/mol. The van der Waals surface area contributed by atoms with Crippen molar-refractivity contribution in [3.8, 4) is 11.8 Å². The van der Waals surface area contributed by atoms with Gasteiger partial charge in [0.05, 0.1) is 22.7 Å². The Labute approximate surface area is 157 Å². The fourth-order valence-electron chi connectivity index (χ4n) is 2.69. The molecule has 27 heavy (non-hydrogen) atoms. The number of halogens is 1. The van der Waals surface area contributed by atoms with E-state index in [1.807, 2.05) is 27.7 Å². The van der Waals surface area contributed by atoms with Crippen LogP contribution in [0.5, 0.6) is 0 Å². The van der Waals surface area contributed by atoms with Gasteiger partial charge < -0.3 is 0 Å². The van der Waals surface area contributed by atoms with Gasteiger partial charge in [0.15, 0.2) is 0 Å². The molecule has 2 aromatic carbocycles. The fraction of sp³-hybridized carbons (Fsp3) is 0.286. The third-order valence-electron chi connectivity index (χ3n) is 4.80. The van der Waals surface area contributed by atoms with Gasteiger partial charge in [-0.25, -0.2) is 9.37 Å². The summed E-state index contributed by atoms with van der Waals surface area (Å²) in [4.78, 5) is 17.2. The van der Waals surface area contributed by atoms with Gasteiger partial charge in [0.25, 0.3) is 0 Å². The highest BCUT2D eigenvalue weighted by molar-refractivity contribution is 5.94. The quantitative estimate of drug-likeness (QED) is 0.735. The minimum absolute atomic E-state index is 0.151. The van der Waals surface area contributed by atoms with Crippen LogP contribution >= 0.6 is 0 Å². The van der Waals surface area contributed by atoms with Crippen molar-refractivity contribution in [1.82, 2.24) is 9.55 Å². The molecule has 1 heterocycles. The molecule has 0 radical (unpaired) electrons. The van der Waals surface area contributed by atoms with E-state index in [1.165, 1.54) is 12.1 Å². The highest BCUT2D eigenvalue weighted by Gasteiger charge is 2.28. The molecule has 0 aliphatic heterocycles. The maximum Gasteiger partial charge on any atom is 0.230 e. The van der Waals surface area contributed by atoms with Crippen LogP contribution in [0.4, 0.5) is 10.3 Å². The molecule has 3 aromatic rings. The fourth-order valence-corrected chi connectivity index (χ4v) is 2.69. The lowest BCUT2D eigenvalue weighted by atomic mass is 9.81. The van der Waals surface area contributed by atoms with Crippen LogP contribution in [0.15, 0.2) is 42.5 Å². The van der Waals surface area contributed by atoms with Crippen molar-refractivity contribution >= 4 is 22.9 Å². The van der Waals surface area contributed by atoms with Crippen molar-refractivity contribution in [2.24, 2.45) is 11.3 Å². The third-order valence-corrected chi connectivity index (χ3v) is 4.80. The molecule has 1 N–H and O–H groups in total. The molecule has 0 bridgehead atoms. The first-order valence-corrected chi connectivity index (χ1v) is 8.70. The molecule has 1 atom stereocenters. The van der Waals surface area contributed by atoms with Crippen molar-refractivity contribution in [2.45, 2.75) is 27.7 Å². The van der Waals surface area contributed by atoms with Gasteiger partial charge in [-0.2, -0.15) is 5.26 Å². The lowest BCUT2D eigenvalue weighted by molar-refractivity contribution is -0.122. The highest BCUT2D eigenvalue weighted by Crippen LogP contribution is 2.29. The Morgan fingerprint density at radius 1 is 1.22 bits per heavy atom. The number of nitriles is 1. The number of carbonyl (C=O) groups is 1. The molecule has 6 heteroatoms. The van der Waals surface area contributed by atoms with Gasteiger partial charge in [0.2, 0.25) is 11.9 Å². The molecule has 0 aliphatic carbocycles. The Kier molecular flexibility index (Phi) is 4.71. The van der Waals surface area contributed by atoms with Crippen LogP contribution < -0.4 is 5.32 Å². The van der Waals surface area contributed by atoms with Gasteiger partial charge in [-0.3, -0.25) is 14.7 Å². The van der Waals surface area contributed by atoms with E-state index in [0.29, 0.717) is 28.2 Å². The lowest BCUT2D eigenvalue weighted by Crippen LogP contribution is -2.31. The van der Waals surface area contributed by atoms with Crippen LogP contribution in [0, 0.1) is 28.5 Å². The topological polar surface area (TPSA) is 70.7 Å². The number of fused-ring (bicyclic) bond motifs is 1. The number of amides is 1. The predicted octanol–water partition coefficient (Wildman–Crippen LogP) is 4.66. The number of hydrogen-bond acceptors (Lipinski definition) is 3. The first-order valence-electron chi connectivity index (χ1n) is 8.70. The SMILES string of the molecule is C[C@H](C(=O)Nc1nc2ccc(C#N)cc2n1-c1ccc(F)cc1)C(C)(C)C. The first kappa shape index (κ1) is 18.6. The van der Waals surface area contributed by atoms with Crippen LogP contribution in [0.25, 0.3) is 16.7 Å². The van der Waals surface area contributed by atoms with E-state index in [2.05, 4.69) is 16.4 Å². The average Bonchev–Trinajstić information content (AvgIpc) is 2.97. The zero-order chi connectivity index (χ0) is 19.8. The summed E-state index contributed by atoms with van der Waals surface area (Å²) in [6, 6.07) is 13.1. The lowest BCUT2D eigenvalue weighted by Gasteiger charge is -2.26. The van der Waals surface area contributed by atoms with Crippen molar-refractivity contribution in [2.75, 3.05) is 5.32 Å². The van der Waals surface area contributed by atoms with Gasteiger partial charge in [0.1, 0.15) is 5.82 Å². The summed E-state index contributed by atoms with van der Waals surface area (Å²) >= 11 is 0. The number of aromatic nitrogens is 2. The number of rotatable bonds is 3. The molecule has 3 rings (SSSR count). The normalized spacial score (nSPS) is 12.6. The molecule has 0 spiro atoms. The van der Waals surface area contributed by atoms with Crippen LogP contribution in [-0.4, -0.2) is 15.5 Å². The Hall–Kier alpha value is -3.20. The second kappa shape index (κ2) is 6.84. The van der Waals surface area contributed by atoms with Crippen molar-refractivity contribution in [3.63, 3.8) is 0 Å². The molecular weight excluding hydrogens is 343 g/mol. The molecular formula is C21H21FN4O. The summed E-state index contributed by atoms with van der Waals surface area (Å²) < 4.78 is 15.1. The Bertz CT molecular complexity index is 1040. The van der Waals surface area contributed by atoms with E-state index < -0.39 is 0 Å². The Balaban J connectivity index is 2.14. The maximum atomic E-state index is 13.4. The Morgan fingerprint density at radius 2 is 1.89 bits per heavy atom. The van der Waals surface area contributed by atoms with Gasteiger partial charge in [-0.15, -0.1) is 0 Å². The molecule has 0 unspecified atom stereocenters. The summed E-state index contributed by atoms with van der Waals surface area (Å²) in [5, 5.41) is 12.1. The molecule has 5 nitrogen and oxygen atoms in total.